The number of rotatable bonds is 5. The highest BCUT2D eigenvalue weighted by Crippen LogP contribution is 2.29. The molecule has 0 radical (unpaired) electrons. The summed E-state index contributed by atoms with van der Waals surface area (Å²) >= 11 is 2.04. The summed E-state index contributed by atoms with van der Waals surface area (Å²) in [5, 5.41) is 10.1. The predicted octanol–water partition coefficient (Wildman–Crippen LogP) is 1.99. The second-order valence-electron chi connectivity index (χ2n) is 6.00. The number of aliphatic hydroxyl groups is 1. The van der Waals surface area contributed by atoms with Gasteiger partial charge in [-0.05, 0) is 34.1 Å². The monoisotopic (exact) mass is 261 g/mol. The third-order valence-corrected chi connectivity index (χ3v) is 4.85. The molecule has 1 unspecified atom stereocenters. The Bertz CT molecular complexity index is 244. The van der Waals surface area contributed by atoms with E-state index >= 15 is 0 Å². The molecule has 3 nitrogen and oxygen atoms in total. The summed E-state index contributed by atoms with van der Waals surface area (Å²) in [6.45, 7) is 11.7. The van der Waals surface area contributed by atoms with Gasteiger partial charge in [-0.2, -0.15) is 11.8 Å². The molecule has 0 aromatic heterocycles. The van der Waals surface area contributed by atoms with E-state index in [1.165, 1.54) is 5.75 Å². The minimum absolute atomic E-state index is 0.347. The van der Waals surface area contributed by atoms with Gasteiger partial charge < -0.3 is 14.7 Å². The molecule has 4 heteroatoms. The fraction of sp³-hybridized carbons (Fsp3) is 1.00. The smallest absolute Gasteiger partial charge is 0.0880 e. The molecule has 102 valence electrons. The number of nitrogens with zero attached hydrogens (tertiary/aromatic N) is 1. The molecule has 0 aromatic rings. The SMILES string of the molecule is COC(C)(C)C(O)CCN1CCSC(C)(C)C1. The summed E-state index contributed by atoms with van der Waals surface area (Å²) in [5.74, 6) is 1.19. The van der Waals surface area contributed by atoms with Crippen molar-refractivity contribution in [3.05, 3.63) is 0 Å². The van der Waals surface area contributed by atoms with E-state index in [1.54, 1.807) is 7.11 Å². The van der Waals surface area contributed by atoms with Gasteiger partial charge in [0.25, 0.3) is 0 Å². The molecule has 1 N–H and O–H groups in total. The topological polar surface area (TPSA) is 32.7 Å². The van der Waals surface area contributed by atoms with Gasteiger partial charge >= 0.3 is 0 Å². The van der Waals surface area contributed by atoms with Gasteiger partial charge in [-0.25, -0.2) is 0 Å². The number of methoxy groups -OCH3 is 1. The molecular weight excluding hydrogens is 234 g/mol. The maximum Gasteiger partial charge on any atom is 0.0880 e. The van der Waals surface area contributed by atoms with Crippen LogP contribution in [0.15, 0.2) is 0 Å². The van der Waals surface area contributed by atoms with Crippen LogP contribution in [-0.4, -0.2) is 59.0 Å². The van der Waals surface area contributed by atoms with Crippen LogP contribution in [0.2, 0.25) is 0 Å². The first-order chi connectivity index (χ1) is 7.77. The number of ether oxygens (including phenoxy) is 1. The fourth-order valence-electron chi connectivity index (χ4n) is 2.09. The zero-order chi connectivity index (χ0) is 13.1. The van der Waals surface area contributed by atoms with E-state index in [9.17, 15) is 5.11 Å². The van der Waals surface area contributed by atoms with Gasteiger partial charge in [0.05, 0.1) is 11.7 Å². The number of hydrogen-bond acceptors (Lipinski definition) is 4. The van der Waals surface area contributed by atoms with E-state index in [2.05, 4.69) is 18.7 Å². The second-order valence-corrected chi connectivity index (χ2v) is 7.80. The summed E-state index contributed by atoms with van der Waals surface area (Å²) in [4.78, 5) is 2.45. The zero-order valence-corrected chi connectivity index (χ0v) is 12.6. The third kappa shape index (κ3) is 4.78. The maximum absolute atomic E-state index is 10.1. The number of aliphatic hydroxyl groups excluding tert-OH is 1. The fourth-order valence-corrected chi connectivity index (χ4v) is 3.27. The van der Waals surface area contributed by atoms with Crippen LogP contribution in [0.5, 0.6) is 0 Å². The van der Waals surface area contributed by atoms with E-state index < -0.39 is 11.7 Å². The highest BCUT2D eigenvalue weighted by atomic mass is 32.2. The van der Waals surface area contributed by atoms with Gasteiger partial charge in [-0.15, -0.1) is 0 Å². The van der Waals surface area contributed by atoms with E-state index in [4.69, 9.17) is 4.74 Å². The highest BCUT2D eigenvalue weighted by Gasteiger charge is 2.30. The Morgan fingerprint density at radius 2 is 2.12 bits per heavy atom. The number of hydrogen-bond donors (Lipinski definition) is 1. The van der Waals surface area contributed by atoms with Crippen LogP contribution < -0.4 is 0 Å². The minimum atomic E-state index is -0.444. The van der Waals surface area contributed by atoms with Gasteiger partial charge in [0.2, 0.25) is 0 Å². The van der Waals surface area contributed by atoms with E-state index in [0.717, 1.165) is 26.1 Å². The minimum Gasteiger partial charge on any atom is -0.390 e. The molecule has 1 fully saturated rings. The molecule has 0 amide bonds. The lowest BCUT2D eigenvalue weighted by Crippen LogP contribution is -2.46. The lowest BCUT2D eigenvalue weighted by molar-refractivity contribution is -0.0824. The third-order valence-electron chi connectivity index (χ3n) is 3.55. The summed E-state index contributed by atoms with van der Waals surface area (Å²) in [6.07, 6.45) is 0.381. The summed E-state index contributed by atoms with van der Waals surface area (Å²) < 4.78 is 5.65. The average molecular weight is 261 g/mol. The Morgan fingerprint density at radius 3 is 2.65 bits per heavy atom. The van der Waals surface area contributed by atoms with Crippen molar-refractivity contribution in [1.29, 1.82) is 0 Å². The van der Waals surface area contributed by atoms with Crippen LogP contribution in [0, 0.1) is 0 Å². The van der Waals surface area contributed by atoms with Crippen LogP contribution in [0.25, 0.3) is 0 Å². The lowest BCUT2D eigenvalue weighted by atomic mass is 9.98. The Morgan fingerprint density at radius 1 is 1.47 bits per heavy atom. The second kappa shape index (κ2) is 5.91. The zero-order valence-electron chi connectivity index (χ0n) is 11.8. The van der Waals surface area contributed by atoms with Crippen molar-refractivity contribution in [2.45, 2.75) is 50.6 Å². The summed E-state index contributed by atoms with van der Waals surface area (Å²) in [5.41, 5.74) is -0.444. The summed E-state index contributed by atoms with van der Waals surface area (Å²) in [6, 6.07) is 0. The van der Waals surface area contributed by atoms with Crippen LogP contribution in [0.1, 0.15) is 34.1 Å². The van der Waals surface area contributed by atoms with Gasteiger partial charge in [0.1, 0.15) is 0 Å². The predicted molar refractivity (Wildman–Crippen MR) is 74.7 cm³/mol. The molecule has 1 heterocycles. The number of thioether (sulfide) groups is 1. The molecule has 1 aliphatic heterocycles. The lowest BCUT2D eigenvalue weighted by Gasteiger charge is -2.38. The van der Waals surface area contributed by atoms with Crippen LogP contribution in [0.4, 0.5) is 0 Å². The van der Waals surface area contributed by atoms with E-state index in [-0.39, 0.29) is 0 Å². The van der Waals surface area contributed by atoms with Crippen LogP contribution >= 0.6 is 11.8 Å². The molecule has 1 atom stereocenters. The Kier molecular flexibility index (Phi) is 5.32. The molecule has 0 aromatic carbocycles. The van der Waals surface area contributed by atoms with Crippen molar-refractivity contribution in [1.82, 2.24) is 4.90 Å². The average Bonchev–Trinajstić information content (AvgIpc) is 2.24. The van der Waals surface area contributed by atoms with E-state index in [1.807, 2.05) is 25.6 Å². The van der Waals surface area contributed by atoms with Gasteiger partial charge in [0, 0.05) is 37.2 Å². The van der Waals surface area contributed by atoms with Crippen molar-refractivity contribution < 1.29 is 9.84 Å². The van der Waals surface area contributed by atoms with Gasteiger partial charge in [-0.3, -0.25) is 0 Å². The van der Waals surface area contributed by atoms with Crippen molar-refractivity contribution in [2.75, 3.05) is 32.5 Å². The van der Waals surface area contributed by atoms with Gasteiger partial charge in [-0.1, -0.05) is 0 Å². The molecule has 0 bridgehead atoms. The standard InChI is InChI=1S/C13H27NO2S/c1-12(2)10-14(8-9-17-12)7-6-11(15)13(3,4)16-5/h11,15H,6-10H2,1-5H3. The first kappa shape index (κ1) is 15.3. The maximum atomic E-state index is 10.1. The molecule has 1 aliphatic rings. The molecule has 17 heavy (non-hydrogen) atoms. The largest absolute Gasteiger partial charge is 0.390 e. The van der Waals surface area contributed by atoms with Crippen molar-refractivity contribution in [3.63, 3.8) is 0 Å². The molecule has 1 rings (SSSR count). The van der Waals surface area contributed by atoms with Crippen molar-refractivity contribution in [3.8, 4) is 0 Å². The quantitative estimate of drug-likeness (QED) is 0.820. The first-order valence-electron chi connectivity index (χ1n) is 6.36. The van der Waals surface area contributed by atoms with Crippen molar-refractivity contribution >= 4 is 11.8 Å². The molecule has 1 saturated heterocycles. The Hall–Kier alpha value is 0.230. The Balaban J connectivity index is 2.36. The van der Waals surface area contributed by atoms with E-state index in [0.29, 0.717) is 4.75 Å². The Labute approximate surface area is 110 Å². The van der Waals surface area contributed by atoms with Crippen LogP contribution in [0.3, 0.4) is 0 Å². The molecular formula is C13H27NO2S. The molecule has 0 spiro atoms. The first-order valence-corrected chi connectivity index (χ1v) is 7.35. The highest BCUT2D eigenvalue weighted by molar-refractivity contribution is 8.00. The molecule has 0 aliphatic carbocycles. The van der Waals surface area contributed by atoms with Crippen molar-refractivity contribution in [2.24, 2.45) is 0 Å². The molecule has 0 saturated carbocycles. The van der Waals surface area contributed by atoms with Gasteiger partial charge in [0.15, 0.2) is 0 Å². The normalized spacial score (nSPS) is 23.6. The van der Waals surface area contributed by atoms with Crippen LogP contribution in [-0.2, 0) is 4.74 Å². The summed E-state index contributed by atoms with van der Waals surface area (Å²) in [7, 11) is 1.66.